The summed E-state index contributed by atoms with van der Waals surface area (Å²) in [5.74, 6) is 0.0113. The van der Waals surface area contributed by atoms with Gasteiger partial charge in [0.05, 0.1) is 5.69 Å². The van der Waals surface area contributed by atoms with Crippen LogP contribution >= 0.6 is 0 Å². The molecule has 3 amide bonds. The molecule has 1 heterocycles. The van der Waals surface area contributed by atoms with E-state index in [-0.39, 0.29) is 29.3 Å². The average Bonchev–Trinajstić information content (AvgIpc) is 2.52. The van der Waals surface area contributed by atoms with Gasteiger partial charge in [-0.25, -0.2) is 14.0 Å². The molecule has 0 aromatic heterocycles. The highest BCUT2D eigenvalue weighted by Crippen LogP contribution is 2.28. The van der Waals surface area contributed by atoms with E-state index in [2.05, 4.69) is 5.32 Å². The van der Waals surface area contributed by atoms with Crippen molar-refractivity contribution < 1.29 is 18.8 Å². The Kier molecular flexibility index (Phi) is 4.71. The third kappa shape index (κ3) is 2.87. The van der Waals surface area contributed by atoms with Gasteiger partial charge in [-0.3, -0.25) is 14.6 Å². The van der Waals surface area contributed by atoms with Crippen LogP contribution in [0.4, 0.5) is 14.9 Å². The number of amides is 3. The number of rotatable bonds is 4. The summed E-state index contributed by atoms with van der Waals surface area (Å²) in [6.07, 6.45) is 0. The largest absolute Gasteiger partial charge is 0.365 e. The number of halogens is 1. The third-order valence-electron chi connectivity index (χ3n) is 3.63. The van der Waals surface area contributed by atoms with Crippen molar-refractivity contribution in [1.82, 2.24) is 9.80 Å². The van der Waals surface area contributed by atoms with Gasteiger partial charge in [-0.2, -0.15) is 0 Å². The molecule has 7 nitrogen and oxygen atoms in total. The molecule has 1 aliphatic rings. The molecule has 0 bridgehead atoms. The summed E-state index contributed by atoms with van der Waals surface area (Å²) in [4.78, 5) is 37.6. The van der Waals surface area contributed by atoms with Crippen molar-refractivity contribution in [2.75, 3.05) is 18.9 Å². The number of aryl methyl sites for hydroxylation is 1. The van der Waals surface area contributed by atoms with E-state index in [1.54, 1.807) is 25.9 Å². The highest BCUT2D eigenvalue weighted by molar-refractivity contribution is 6.04. The summed E-state index contributed by atoms with van der Waals surface area (Å²) >= 11 is 0. The van der Waals surface area contributed by atoms with Crippen LogP contribution in [-0.4, -0.2) is 41.3 Å². The van der Waals surface area contributed by atoms with Crippen LogP contribution in [0.1, 0.15) is 12.5 Å². The zero-order valence-corrected chi connectivity index (χ0v) is 13.5. The summed E-state index contributed by atoms with van der Waals surface area (Å²) < 4.78 is 14.1. The number of urea groups is 1. The Hall–Kier alpha value is -3.12. The molecule has 0 fully saturated rings. The molecule has 0 atom stereocenters. The maximum atomic E-state index is 14.1. The van der Waals surface area contributed by atoms with E-state index in [4.69, 9.17) is 5.73 Å². The van der Waals surface area contributed by atoms with Crippen LogP contribution in [0.3, 0.4) is 0 Å². The molecule has 0 saturated carbocycles. The zero-order chi connectivity index (χ0) is 18.0. The third-order valence-corrected chi connectivity index (χ3v) is 3.63. The lowest BCUT2D eigenvalue weighted by Crippen LogP contribution is -2.49. The molecule has 1 aromatic carbocycles. The lowest BCUT2D eigenvalue weighted by atomic mass is 10.1. The van der Waals surface area contributed by atoms with Crippen LogP contribution < -0.4 is 11.1 Å². The van der Waals surface area contributed by atoms with Crippen molar-refractivity contribution in [1.29, 1.82) is 0 Å². The molecule has 24 heavy (non-hydrogen) atoms. The topological polar surface area (TPSA) is 95.7 Å². The lowest BCUT2D eigenvalue weighted by Gasteiger charge is -2.36. The van der Waals surface area contributed by atoms with E-state index >= 15 is 0 Å². The number of primary amides is 1. The number of likely N-dealkylation sites (N-methyl/N-ethyl adjacent to an activating group) is 1. The lowest BCUT2D eigenvalue weighted by molar-refractivity contribution is -0.114. The molecule has 126 valence electrons. The standard InChI is InChI=1S/C16H17FN4O3/c1-4-21-15(19-11-6-5-9(2)7-10(11)17)13(14(18)23)12(8-22)20(3)16(21)24/h5-7,19H,4H2,1-3H3,(H2,18,23). The Labute approximate surface area is 138 Å². The van der Waals surface area contributed by atoms with Gasteiger partial charge in [-0.15, -0.1) is 0 Å². The van der Waals surface area contributed by atoms with Crippen molar-refractivity contribution in [2.45, 2.75) is 13.8 Å². The molecule has 1 aromatic rings. The first kappa shape index (κ1) is 17.2. The number of carbonyl (C=O) groups excluding carboxylic acids is 3. The molecular weight excluding hydrogens is 315 g/mol. The van der Waals surface area contributed by atoms with Gasteiger partial charge in [-0.05, 0) is 31.5 Å². The van der Waals surface area contributed by atoms with Crippen molar-refractivity contribution in [2.24, 2.45) is 5.73 Å². The minimum atomic E-state index is -0.929. The summed E-state index contributed by atoms with van der Waals surface area (Å²) in [5, 5.41) is 2.71. The predicted molar refractivity (Wildman–Crippen MR) is 85.7 cm³/mol. The molecule has 8 heteroatoms. The first-order valence-electron chi connectivity index (χ1n) is 7.19. The Balaban J connectivity index is 2.66. The van der Waals surface area contributed by atoms with Gasteiger partial charge in [0, 0.05) is 13.6 Å². The Morgan fingerprint density at radius 1 is 1.42 bits per heavy atom. The highest BCUT2D eigenvalue weighted by atomic mass is 19.1. The second-order valence-corrected chi connectivity index (χ2v) is 5.23. The number of nitrogens with zero attached hydrogens (tertiary/aromatic N) is 2. The van der Waals surface area contributed by atoms with Crippen molar-refractivity contribution in [3.8, 4) is 0 Å². The van der Waals surface area contributed by atoms with Crippen LogP contribution in [0.2, 0.25) is 0 Å². The van der Waals surface area contributed by atoms with Gasteiger partial charge in [0.1, 0.15) is 22.9 Å². The van der Waals surface area contributed by atoms with Gasteiger partial charge in [0.15, 0.2) is 5.94 Å². The highest BCUT2D eigenvalue weighted by Gasteiger charge is 2.37. The fourth-order valence-electron chi connectivity index (χ4n) is 2.41. The van der Waals surface area contributed by atoms with E-state index < -0.39 is 17.8 Å². The number of hydrogen-bond acceptors (Lipinski definition) is 4. The van der Waals surface area contributed by atoms with Gasteiger partial charge in [0.2, 0.25) is 0 Å². The number of nitrogens with two attached hydrogens (primary N) is 1. The smallest absolute Gasteiger partial charge is 0.330 e. The number of nitrogens with one attached hydrogen (secondary N) is 1. The fraction of sp³-hybridized carbons (Fsp3) is 0.250. The predicted octanol–water partition coefficient (Wildman–Crippen LogP) is 1.35. The average molecular weight is 332 g/mol. The molecule has 0 saturated heterocycles. The first-order valence-corrected chi connectivity index (χ1v) is 7.19. The minimum Gasteiger partial charge on any atom is -0.365 e. The summed E-state index contributed by atoms with van der Waals surface area (Å²) in [6, 6.07) is 3.88. The Bertz CT molecular complexity index is 797. The minimum absolute atomic E-state index is 0.0470. The van der Waals surface area contributed by atoms with Crippen LogP contribution in [0, 0.1) is 12.7 Å². The van der Waals surface area contributed by atoms with E-state index in [0.29, 0.717) is 5.56 Å². The van der Waals surface area contributed by atoms with Gasteiger partial charge >= 0.3 is 6.03 Å². The maximum absolute atomic E-state index is 14.1. The molecule has 2 rings (SSSR count). The molecule has 3 N–H and O–H groups in total. The van der Waals surface area contributed by atoms with Gasteiger partial charge in [0.25, 0.3) is 5.91 Å². The van der Waals surface area contributed by atoms with E-state index in [1.165, 1.54) is 24.1 Å². The fourth-order valence-corrected chi connectivity index (χ4v) is 2.41. The van der Waals surface area contributed by atoms with Crippen LogP contribution in [-0.2, 0) is 9.59 Å². The second kappa shape index (κ2) is 6.55. The quantitative estimate of drug-likeness (QED) is 0.814. The summed E-state index contributed by atoms with van der Waals surface area (Å²) in [7, 11) is 1.33. The number of benzene rings is 1. The van der Waals surface area contributed by atoms with E-state index in [0.717, 1.165) is 4.90 Å². The number of hydrogen-bond donors (Lipinski definition) is 2. The monoisotopic (exact) mass is 332 g/mol. The summed E-state index contributed by atoms with van der Waals surface area (Å²) in [6.45, 7) is 3.58. The van der Waals surface area contributed by atoms with Gasteiger partial charge in [-0.1, -0.05) is 6.07 Å². The number of carbonyl (C=O) groups is 2. The molecule has 0 radical (unpaired) electrons. The van der Waals surface area contributed by atoms with E-state index in [1.807, 2.05) is 0 Å². The normalized spacial score (nSPS) is 14.8. The molecular formula is C16H17FN4O3. The second-order valence-electron chi connectivity index (χ2n) is 5.23. The van der Waals surface area contributed by atoms with Crippen LogP contribution in [0.5, 0.6) is 0 Å². The molecule has 0 aliphatic carbocycles. The molecule has 0 unspecified atom stereocenters. The first-order chi connectivity index (χ1) is 11.3. The van der Waals surface area contributed by atoms with Crippen molar-refractivity contribution in [3.05, 3.63) is 46.7 Å². The molecule has 1 aliphatic heterocycles. The summed E-state index contributed by atoms with van der Waals surface area (Å²) in [5.41, 5.74) is 5.60. The maximum Gasteiger partial charge on any atom is 0.330 e. The van der Waals surface area contributed by atoms with E-state index in [9.17, 15) is 18.8 Å². The number of anilines is 1. The van der Waals surface area contributed by atoms with Gasteiger partial charge < -0.3 is 11.1 Å². The van der Waals surface area contributed by atoms with Crippen LogP contribution in [0.25, 0.3) is 0 Å². The Morgan fingerprint density at radius 3 is 2.58 bits per heavy atom. The molecule has 0 spiro atoms. The SMILES string of the molecule is CCN1C(=O)N(C)C(=C=O)C(C(N)=O)=C1Nc1ccc(C)cc1F. The van der Waals surface area contributed by atoms with Crippen LogP contribution in [0.15, 0.2) is 35.3 Å². The Morgan fingerprint density at radius 2 is 2.08 bits per heavy atom. The van der Waals surface area contributed by atoms with Crippen molar-refractivity contribution in [3.63, 3.8) is 0 Å². The zero-order valence-electron chi connectivity index (χ0n) is 13.5. The van der Waals surface area contributed by atoms with Crippen molar-refractivity contribution >= 4 is 23.6 Å².